The van der Waals surface area contributed by atoms with Crippen molar-refractivity contribution >= 4 is 11.8 Å². The average Bonchev–Trinajstić information content (AvgIpc) is 3.92. The molecule has 6 nitrogen and oxygen atoms in total. The van der Waals surface area contributed by atoms with E-state index in [1.807, 2.05) is 0 Å². The van der Waals surface area contributed by atoms with Crippen LogP contribution in [-0.4, -0.2) is 46.8 Å². The minimum absolute atomic E-state index is 0.0816. The fraction of sp³-hybridized carbons (Fsp3) is 0.682. The molecular formula is C44H60N4O2. The summed E-state index contributed by atoms with van der Waals surface area (Å²) < 4.78 is 0. The Hall–Kier alpha value is -2.70. The largest absolute Gasteiger partial charge is 0.353 e. The van der Waals surface area contributed by atoms with E-state index in [2.05, 4.69) is 69.0 Å². The fourth-order valence-corrected chi connectivity index (χ4v) is 12.0. The monoisotopic (exact) mass is 676 g/mol. The van der Waals surface area contributed by atoms with Gasteiger partial charge in [0.05, 0.1) is 0 Å². The first-order valence-electron chi connectivity index (χ1n) is 20.9. The van der Waals surface area contributed by atoms with E-state index in [-0.39, 0.29) is 23.7 Å². The first-order chi connectivity index (χ1) is 24.6. The number of nitrogens with one attached hydrogen (secondary N) is 2. The summed E-state index contributed by atoms with van der Waals surface area (Å²) in [5, 5.41) is 6.89. The molecule has 0 radical (unpaired) electrons. The lowest BCUT2D eigenvalue weighted by molar-refractivity contribution is -0.131. The maximum absolute atomic E-state index is 13.3. The van der Waals surface area contributed by atoms with E-state index in [9.17, 15) is 9.59 Å². The highest BCUT2D eigenvalue weighted by atomic mass is 16.2. The average molecular weight is 677 g/mol. The highest BCUT2D eigenvalue weighted by Gasteiger charge is 2.44. The zero-order valence-corrected chi connectivity index (χ0v) is 30.2. The van der Waals surface area contributed by atoms with Crippen molar-refractivity contribution in [1.82, 2.24) is 20.4 Å². The Labute approximate surface area is 300 Å². The normalized spacial score (nSPS) is 36.2. The van der Waals surface area contributed by atoms with Gasteiger partial charge in [-0.25, -0.2) is 0 Å². The molecular weight excluding hydrogens is 617 g/mol. The van der Waals surface area contributed by atoms with Gasteiger partial charge in [0.25, 0.3) is 0 Å². The van der Waals surface area contributed by atoms with Crippen LogP contribution in [0.3, 0.4) is 0 Å². The lowest BCUT2D eigenvalue weighted by Crippen LogP contribution is -2.44. The van der Waals surface area contributed by atoms with E-state index in [1.165, 1.54) is 77.3 Å². The summed E-state index contributed by atoms with van der Waals surface area (Å²) in [6, 6.07) is 21.5. The van der Waals surface area contributed by atoms with Crippen molar-refractivity contribution in [1.29, 1.82) is 0 Å². The number of carbonyl (C=O) groups is 2. The standard InChI is InChI=1S/C44H60N4O2/c49-43(45-33-17-9-29(10-18-33)25-27-47-39-21-22-40(47)36-6-2-1-5-35(36)39)31-13-15-32(16-14-31)44(50)46-34-19-11-30(12-20-34)26-28-48-41-23-24-42(48)38-8-4-3-7-37(38)41/h1-8,29-34,39-42H,9-28H2,(H,45,49)(H,46,50). The summed E-state index contributed by atoms with van der Waals surface area (Å²) in [5.41, 5.74) is 6.35. The van der Waals surface area contributed by atoms with E-state index < -0.39 is 0 Å². The summed E-state index contributed by atoms with van der Waals surface area (Å²) in [6.07, 6.45) is 20.8. The van der Waals surface area contributed by atoms with Crippen molar-refractivity contribution in [3.8, 4) is 0 Å². The van der Waals surface area contributed by atoms with E-state index in [0.29, 0.717) is 36.3 Å². The van der Waals surface area contributed by atoms with Crippen LogP contribution in [0.2, 0.25) is 0 Å². The Bertz CT molecular complexity index is 1340. The second-order valence-electron chi connectivity index (χ2n) is 17.5. The van der Waals surface area contributed by atoms with Gasteiger partial charge >= 0.3 is 0 Å². The first kappa shape index (κ1) is 33.2. The fourth-order valence-electron chi connectivity index (χ4n) is 12.0. The first-order valence-corrected chi connectivity index (χ1v) is 20.9. The van der Waals surface area contributed by atoms with Crippen LogP contribution in [0.1, 0.15) is 162 Å². The summed E-state index contributed by atoms with van der Waals surface area (Å²) in [4.78, 5) is 32.1. The van der Waals surface area contributed by atoms with Crippen LogP contribution in [0.25, 0.3) is 0 Å². The lowest BCUT2D eigenvalue weighted by Gasteiger charge is -2.34. The molecule has 4 bridgehead atoms. The Morgan fingerprint density at radius 3 is 1.10 bits per heavy atom. The van der Waals surface area contributed by atoms with Crippen LogP contribution < -0.4 is 10.6 Å². The predicted molar refractivity (Wildman–Crippen MR) is 198 cm³/mol. The molecule has 2 aromatic carbocycles. The third-order valence-electron chi connectivity index (χ3n) is 14.9. The summed E-state index contributed by atoms with van der Waals surface area (Å²) >= 11 is 0. The number of fused-ring (bicyclic) bond motifs is 10. The highest BCUT2D eigenvalue weighted by Crippen LogP contribution is 2.54. The van der Waals surface area contributed by atoms with E-state index in [4.69, 9.17) is 0 Å². The van der Waals surface area contributed by atoms with Crippen molar-refractivity contribution in [3.05, 3.63) is 70.8 Å². The Morgan fingerprint density at radius 2 is 0.780 bits per heavy atom. The Balaban J connectivity index is 0.646. The van der Waals surface area contributed by atoms with Crippen LogP contribution in [0.5, 0.6) is 0 Å². The van der Waals surface area contributed by atoms with Crippen molar-refractivity contribution < 1.29 is 9.59 Å². The van der Waals surface area contributed by atoms with Crippen LogP contribution in [0.15, 0.2) is 48.5 Å². The molecule has 5 fully saturated rings. The number of hydrogen-bond donors (Lipinski definition) is 2. The van der Waals surface area contributed by atoms with Gasteiger partial charge in [0.15, 0.2) is 0 Å². The van der Waals surface area contributed by atoms with Crippen LogP contribution in [-0.2, 0) is 9.59 Å². The number of rotatable bonds is 10. The third-order valence-corrected chi connectivity index (χ3v) is 14.9. The van der Waals surface area contributed by atoms with Crippen LogP contribution >= 0.6 is 0 Å². The number of benzene rings is 2. The minimum Gasteiger partial charge on any atom is -0.353 e. The van der Waals surface area contributed by atoms with Crippen LogP contribution in [0.4, 0.5) is 0 Å². The molecule has 0 aromatic heterocycles. The Kier molecular flexibility index (Phi) is 9.53. The molecule has 3 aliphatic carbocycles. The zero-order chi connectivity index (χ0) is 33.6. The van der Waals surface area contributed by atoms with Gasteiger partial charge in [-0.3, -0.25) is 19.4 Å². The molecule has 50 heavy (non-hydrogen) atoms. The quantitative estimate of drug-likeness (QED) is 0.264. The van der Waals surface area contributed by atoms with E-state index >= 15 is 0 Å². The molecule has 6 heteroatoms. The number of amides is 2. The van der Waals surface area contributed by atoms with E-state index in [0.717, 1.165) is 63.2 Å². The smallest absolute Gasteiger partial charge is 0.223 e. The lowest BCUT2D eigenvalue weighted by atomic mass is 9.79. The van der Waals surface area contributed by atoms with Gasteiger partial charge in [-0.1, -0.05) is 48.5 Å². The minimum atomic E-state index is 0.0816. The van der Waals surface area contributed by atoms with E-state index in [1.54, 1.807) is 22.3 Å². The van der Waals surface area contributed by atoms with Gasteiger partial charge in [-0.05, 0) is 163 Å². The molecule has 268 valence electrons. The molecule has 4 atom stereocenters. The molecule has 7 aliphatic rings. The molecule has 2 N–H and O–H groups in total. The van der Waals surface area contributed by atoms with Crippen LogP contribution in [0, 0.1) is 23.7 Å². The molecule has 4 unspecified atom stereocenters. The second kappa shape index (κ2) is 14.4. The number of hydrogen-bond acceptors (Lipinski definition) is 4. The number of nitrogens with zero attached hydrogens (tertiary/aromatic N) is 2. The molecule has 2 saturated heterocycles. The maximum atomic E-state index is 13.3. The summed E-state index contributed by atoms with van der Waals surface area (Å²) in [6.45, 7) is 2.44. The van der Waals surface area contributed by atoms with Gasteiger partial charge in [-0.15, -0.1) is 0 Å². The number of carbonyl (C=O) groups excluding carboxylic acids is 2. The summed E-state index contributed by atoms with van der Waals surface area (Å²) in [7, 11) is 0. The second-order valence-corrected chi connectivity index (χ2v) is 17.5. The molecule has 2 aromatic rings. The van der Waals surface area contributed by atoms with Crippen molar-refractivity contribution in [2.24, 2.45) is 23.7 Å². The van der Waals surface area contributed by atoms with Gasteiger partial charge in [0, 0.05) is 48.1 Å². The van der Waals surface area contributed by atoms with Gasteiger partial charge in [-0.2, -0.15) is 0 Å². The Morgan fingerprint density at radius 1 is 0.460 bits per heavy atom. The molecule has 4 aliphatic heterocycles. The van der Waals surface area contributed by atoms with Crippen molar-refractivity contribution in [2.75, 3.05) is 13.1 Å². The topological polar surface area (TPSA) is 64.7 Å². The summed E-state index contributed by atoms with van der Waals surface area (Å²) in [5.74, 6) is 2.25. The van der Waals surface area contributed by atoms with Crippen molar-refractivity contribution in [2.45, 2.75) is 152 Å². The molecule has 9 rings (SSSR count). The van der Waals surface area contributed by atoms with Crippen molar-refractivity contribution in [3.63, 3.8) is 0 Å². The molecule has 0 spiro atoms. The SMILES string of the molecule is O=C(NC1CCC(CCN2C3CCC2c2ccccc23)CC1)C1CCC(C(=O)NC2CCC(CCN3C4CCC3c3ccccc34)CC2)CC1. The third kappa shape index (κ3) is 6.46. The zero-order valence-electron chi connectivity index (χ0n) is 30.2. The molecule has 4 heterocycles. The van der Waals surface area contributed by atoms with Gasteiger partial charge in [0.2, 0.25) is 11.8 Å². The van der Waals surface area contributed by atoms with Gasteiger partial charge < -0.3 is 10.6 Å². The molecule has 2 amide bonds. The van der Waals surface area contributed by atoms with Gasteiger partial charge in [0.1, 0.15) is 0 Å². The predicted octanol–water partition coefficient (Wildman–Crippen LogP) is 8.71. The maximum Gasteiger partial charge on any atom is 0.223 e. The highest BCUT2D eigenvalue weighted by molar-refractivity contribution is 5.81. The molecule has 3 saturated carbocycles.